The molecule has 1 aliphatic heterocycles. The molecule has 2 rings (SSSR count). The number of amides is 2. The molecule has 6 heteroatoms. The Morgan fingerprint density at radius 1 is 1.26 bits per heavy atom. The molecule has 1 saturated heterocycles. The molecule has 23 heavy (non-hydrogen) atoms. The van der Waals surface area contributed by atoms with E-state index in [9.17, 15) is 9.59 Å². The number of carbonyl (C=O) groups excluding carboxylic acids is 2. The maximum atomic E-state index is 12.2. The lowest BCUT2D eigenvalue weighted by Gasteiger charge is -2.29. The van der Waals surface area contributed by atoms with Gasteiger partial charge in [-0.15, -0.1) is 0 Å². The number of ether oxygens (including phenoxy) is 2. The minimum Gasteiger partial charge on any atom is -0.497 e. The van der Waals surface area contributed by atoms with E-state index >= 15 is 0 Å². The van der Waals surface area contributed by atoms with Gasteiger partial charge in [-0.25, -0.2) is 0 Å². The fourth-order valence-electron chi connectivity index (χ4n) is 2.27. The summed E-state index contributed by atoms with van der Waals surface area (Å²) in [6, 6.07) is 6.79. The zero-order valence-corrected chi connectivity index (χ0v) is 13.5. The summed E-state index contributed by atoms with van der Waals surface area (Å²) in [6.45, 7) is 3.92. The largest absolute Gasteiger partial charge is 0.497 e. The normalized spacial score (nSPS) is 16.2. The van der Waals surface area contributed by atoms with Gasteiger partial charge in [-0.05, 0) is 30.7 Å². The van der Waals surface area contributed by atoms with E-state index in [0.29, 0.717) is 26.3 Å². The topological polar surface area (TPSA) is 67.9 Å². The van der Waals surface area contributed by atoms with Crippen LogP contribution in [0.3, 0.4) is 0 Å². The van der Waals surface area contributed by atoms with Crippen LogP contribution in [0, 0.1) is 0 Å². The van der Waals surface area contributed by atoms with Crippen LogP contribution in [-0.2, 0) is 14.3 Å². The predicted octanol–water partition coefficient (Wildman–Crippen LogP) is 1.07. The van der Waals surface area contributed by atoms with Gasteiger partial charge < -0.3 is 19.7 Å². The van der Waals surface area contributed by atoms with Crippen LogP contribution in [0.1, 0.15) is 12.5 Å². The molecule has 1 heterocycles. The molecule has 0 aromatic heterocycles. The van der Waals surface area contributed by atoms with Gasteiger partial charge in [0, 0.05) is 19.2 Å². The summed E-state index contributed by atoms with van der Waals surface area (Å²) in [4.78, 5) is 25.8. The molecule has 2 amide bonds. The number of hydrogen-bond donors (Lipinski definition) is 1. The second-order valence-corrected chi connectivity index (χ2v) is 5.27. The third kappa shape index (κ3) is 5.10. The maximum absolute atomic E-state index is 12.2. The highest BCUT2D eigenvalue weighted by atomic mass is 16.5. The van der Waals surface area contributed by atoms with Crippen molar-refractivity contribution in [1.82, 2.24) is 10.2 Å². The molecule has 0 bridgehead atoms. The standard InChI is InChI=1S/C17H22N2O4/c1-13(17(21)19-9-11-23-12-10-19)18-16(20)8-5-14-3-6-15(22-2)7-4-14/h3-8,13H,9-12H2,1-2H3,(H,18,20)/b8-5+. The van der Waals surface area contributed by atoms with Gasteiger partial charge in [-0.2, -0.15) is 0 Å². The predicted molar refractivity (Wildman–Crippen MR) is 87.0 cm³/mol. The Kier molecular flexibility index (Phi) is 6.17. The Morgan fingerprint density at radius 2 is 1.91 bits per heavy atom. The van der Waals surface area contributed by atoms with E-state index in [2.05, 4.69) is 5.32 Å². The Balaban J connectivity index is 1.84. The molecule has 1 atom stereocenters. The molecule has 124 valence electrons. The quantitative estimate of drug-likeness (QED) is 0.825. The van der Waals surface area contributed by atoms with Crippen LogP contribution in [0.25, 0.3) is 6.08 Å². The third-order valence-corrected chi connectivity index (χ3v) is 3.59. The van der Waals surface area contributed by atoms with Crippen LogP contribution in [0.15, 0.2) is 30.3 Å². The Labute approximate surface area is 136 Å². The molecule has 1 N–H and O–H groups in total. The van der Waals surface area contributed by atoms with Crippen molar-refractivity contribution in [2.45, 2.75) is 13.0 Å². The van der Waals surface area contributed by atoms with Crippen molar-refractivity contribution in [3.05, 3.63) is 35.9 Å². The first kappa shape index (κ1) is 17.0. The van der Waals surface area contributed by atoms with E-state index in [4.69, 9.17) is 9.47 Å². The van der Waals surface area contributed by atoms with Crippen molar-refractivity contribution >= 4 is 17.9 Å². The lowest BCUT2D eigenvalue weighted by atomic mass is 10.2. The third-order valence-electron chi connectivity index (χ3n) is 3.59. The lowest BCUT2D eigenvalue weighted by molar-refractivity contribution is -0.138. The number of hydrogen-bond acceptors (Lipinski definition) is 4. The molecule has 1 aromatic carbocycles. The molecule has 1 fully saturated rings. The van der Waals surface area contributed by atoms with Gasteiger partial charge in [-0.1, -0.05) is 12.1 Å². The van der Waals surface area contributed by atoms with Crippen LogP contribution in [0.2, 0.25) is 0 Å². The summed E-state index contributed by atoms with van der Waals surface area (Å²) >= 11 is 0. The van der Waals surface area contributed by atoms with Gasteiger partial charge in [0.2, 0.25) is 11.8 Å². The van der Waals surface area contributed by atoms with E-state index in [-0.39, 0.29) is 11.8 Å². The molecule has 1 aromatic rings. The van der Waals surface area contributed by atoms with Crippen LogP contribution >= 0.6 is 0 Å². The molecule has 0 radical (unpaired) electrons. The van der Waals surface area contributed by atoms with Crippen molar-refractivity contribution in [3.8, 4) is 5.75 Å². The second kappa shape index (κ2) is 8.33. The number of nitrogens with one attached hydrogen (secondary N) is 1. The fourth-order valence-corrected chi connectivity index (χ4v) is 2.27. The van der Waals surface area contributed by atoms with Crippen molar-refractivity contribution in [1.29, 1.82) is 0 Å². The summed E-state index contributed by atoms with van der Waals surface area (Å²) in [5.74, 6) is 0.380. The SMILES string of the molecule is COc1ccc(/C=C/C(=O)NC(C)C(=O)N2CCOCC2)cc1. The zero-order chi connectivity index (χ0) is 16.7. The monoisotopic (exact) mass is 318 g/mol. The van der Waals surface area contributed by atoms with E-state index in [1.165, 1.54) is 6.08 Å². The summed E-state index contributed by atoms with van der Waals surface area (Å²) in [6.07, 6.45) is 3.12. The molecular formula is C17H22N2O4. The number of rotatable bonds is 5. The van der Waals surface area contributed by atoms with Gasteiger partial charge in [0.25, 0.3) is 0 Å². The second-order valence-electron chi connectivity index (χ2n) is 5.27. The number of nitrogens with zero attached hydrogens (tertiary/aromatic N) is 1. The molecule has 1 aliphatic rings. The summed E-state index contributed by atoms with van der Waals surface area (Å²) in [5.41, 5.74) is 0.883. The highest BCUT2D eigenvalue weighted by Crippen LogP contribution is 2.12. The van der Waals surface area contributed by atoms with Crippen LogP contribution < -0.4 is 10.1 Å². The smallest absolute Gasteiger partial charge is 0.245 e. The first-order valence-electron chi connectivity index (χ1n) is 7.59. The van der Waals surface area contributed by atoms with Crippen LogP contribution in [0.5, 0.6) is 5.75 Å². The maximum Gasteiger partial charge on any atom is 0.245 e. The molecular weight excluding hydrogens is 296 g/mol. The summed E-state index contributed by atoms with van der Waals surface area (Å²) in [7, 11) is 1.60. The van der Waals surface area contributed by atoms with Crippen LogP contribution in [0.4, 0.5) is 0 Å². The van der Waals surface area contributed by atoms with E-state index in [1.54, 1.807) is 25.0 Å². The van der Waals surface area contributed by atoms with Crippen LogP contribution in [-0.4, -0.2) is 56.2 Å². The Hall–Kier alpha value is -2.34. The van der Waals surface area contributed by atoms with E-state index < -0.39 is 6.04 Å². The molecule has 1 unspecified atom stereocenters. The first-order chi connectivity index (χ1) is 11.1. The van der Waals surface area contributed by atoms with Gasteiger partial charge in [-0.3, -0.25) is 9.59 Å². The van der Waals surface area contributed by atoms with E-state index in [1.807, 2.05) is 24.3 Å². The highest BCUT2D eigenvalue weighted by molar-refractivity contribution is 5.95. The number of carbonyl (C=O) groups is 2. The first-order valence-corrected chi connectivity index (χ1v) is 7.59. The van der Waals surface area contributed by atoms with Gasteiger partial charge in [0.1, 0.15) is 11.8 Å². The average Bonchev–Trinajstić information content (AvgIpc) is 2.60. The fraction of sp³-hybridized carbons (Fsp3) is 0.412. The van der Waals surface area contributed by atoms with Gasteiger partial charge in [0.15, 0.2) is 0 Å². The lowest BCUT2D eigenvalue weighted by Crippen LogP contribution is -2.50. The number of methoxy groups -OCH3 is 1. The minimum atomic E-state index is -0.555. The van der Waals surface area contributed by atoms with Crippen molar-refractivity contribution in [3.63, 3.8) is 0 Å². The summed E-state index contributed by atoms with van der Waals surface area (Å²) < 4.78 is 10.3. The van der Waals surface area contributed by atoms with Crippen molar-refractivity contribution < 1.29 is 19.1 Å². The average molecular weight is 318 g/mol. The highest BCUT2D eigenvalue weighted by Gasteiger charge is 2.22. The van der Waals surface area contributed by atoms with E-state index in [0.717, 1.165) is 11.3 Å². The van der Waals surface area contributed by atoms with Crippen molar-refractivity contribution in [2.75, 3.05) is 33.4 Å². The molecule has 0 aliphatic carbocycles. The van der Waals surface area contributed by atoms with Crippen molar-refractivity contribution in [2.24, 2.45) is 0 Å². The zero-order valence-electron chi connectivity index (χ0n) is 13.5. The summed E-state index contributed by atoms with van der Waals surface area (Å²) in [5, 5.41) is 2.69. The van der Waals surface area contributed by atoms with Gasteiger partial charge in [0.05, 0.1) is 20.3 Å². The number of benzene rings is 1. The molecule has 0 spiro atoms. The Morgan fingerprint density at radius 3 is 2.52 bits per heavy atom. The van der Waals surface area contributed by atoms with Gasteiger partial charge >= 0.3 is 0 Å². The Bertz CT molecular complexity index is 562. The molecule has 6 nitrogen and oxygen atoms in total. The molecule has 0 saturated carbocycles. The minimum absolute atomic E-state index is 0.0838. The number of morpholine rings is 1.